The molecular weight excluding hydrogens is 448 g/mol. The molecule has 158 valence electrons. The standard InChI is InChI=1S/C22H18ClN5O2S.2Li/c1-2-21(26-28-31(29,30)18-8-4-3-5-9-18)22(16-12-14-17(23)15-13-16)24-19-10-6-7-11-20(19)25-27-22;;/h3-15H,2H2,1H3;;/q-2;2*+1/b26-21+;;. The summed E-state index contributed by atoms with van der Waals surface area (Å²) < 4.78 is 25.3. The molecule has 0 saturated heterocycles. The van der Waals surface area contributed by atoms with Crippen molar-refractivity contribution in [3.8, 4) is 0 Å². The number of nitrogens with zero attached hydrogens (tertiary/aromatic N) is 5. The quantitative estimate of drug-likeness (QED) is 0.306. The summed E-state index contributed by atoms with van der Waals surface area (Å²) in [6, 6.07) is 22.2. The van der Waals surface area contributed by atoms with Crippen molar-refractivity contribution in [3.05, 3.63) is 99.6 Å². The number of sulfonamides is 1. The molecule has 1 unspecified atom stereocenters. The zero-order valence-corrected chi connectivity index (χ0v) is 20.1. The van der Waals surface area contributed by atoms with Gasteiger partial charge in [0.15, 0.2) is 0 Å². The van der Waals surface area contributed by atoms with Gasteiger partial charge < -0.3 is 15.2 Å². The van der Waals surface area contributed by atoms with E-state index >= 15 is 0 Å². The van der Waals surface area contributed by atoms with Crippen molar-refractivity contribution >= 4 is 38.7 Å². The van der Waals surface area contributed by atoms with Crippen LogP contribution in [-0.4, -0.2) is 14.1 Å². The van der Waals surface area contributed by atoms with Crippen LogP contribution < -0.4 is 37.7 Å². The number of rotatable bonds is 6. The van der Waals surface area contributed by atoms with Crippen LogP contribution in [0.3, 0.4) is 0 Å². The van der Waals surface area contributed by atoms with Crippen LogP contribution in [0.2, 0.25) is 5.02 Å². The van der Waals surface area contributed by atoms with E-state index in [0.29, 0.717) is 34.1 Å². The van der Waals surface area contributed by atoms with Crippen LogP contribution in [0, 0.1) is 0 Å². The predicted octanol–water partition coefficient (Wildman–Crippen LogP) is 0.832. The van der Waals surface area contributed by atoms with Gasteiger partial charge in [-0.25, -0.2) is 8.42 Å². The Morgan fingerprint density at radius 2 is 1.64 bits per heavy atom. The first kappa shape index (κ1) is 27.2. The van der Waals surface area contributed by atoms with E-state index in [4.69, 9.17) is 16.9 Å². The fourth-order valence-corrected chi connectivity index (χ4v) is 4.12. The maximum Gasteiger partial charge on any atom is 1.00 e. The van der Waals surface area contributed by atoms with Gasteiger partial charge >= 0.3 is 37.7 Å². The van der Waals surface area contributed by atoms with Crippen LogP contribution in [0.4, 0.5) is 11.4 Å². The van der Waals surface area contributed by atoms with Gasteiger partial charge in [-0.15, -0.1) is 5.69 Å². The molecule has 3 aromatic carbocycles. The zero-order valence-electron chi connectivity index (χ0n) is 18.6. The van der Waals surface area contributed by atoms with Gasteiger partial charge in [0.1, 0.15) is 10.0 Å². The Hall–Kier alpha value is -2.04. The number of hydrogen-bond acceptors (Lipinski definition) is 5. The first-order chi connectivity index (χ1) is 14.9. The van der Waals surface area contributed by atoms with Crippen molar-refractivity contribution < 1.29 is 46.1 Å². The van der Waals surface area contributed by atoms with Gasteiger partial charge in [0, 0.05) is 10.7 Å². The van der Waals surface area contributed by atoms with Crippen molar-refractivity contribution in [3.63, 3.8) is 0 Å². The average molecular weight is 466 g/mol. The second-order valence-corrected chi connectivity index (χ2v) is 8.77. The molecule has 4 rings (SSSR count). The average Bonchev–Trinajstić information content (AvgIpc) is 2.80. The molecule has 0 saturated carbocycles. The normalized spacial score (nSPS) is 17.1. The van der Waals surface area contributed by atoms with Gasteiger partial charge in [-0.3, -0.25) is 0 Å². The van der Waals surface area contributed by atoms with Gasteiger partial charge in [0.05, 0.1) is 16.2 Å². The van der Waals surface area contributed by atoms with Crippen LogP contribution in [-0.2, 0) is 15.7 Å². The van der Waals surface area contributed by atoms with Crippen molar-refractivity contribution in [2.24, 2.45) is 15.3 Å². The van der Waals surface area contributed by atoms with E-state index in [-0.39, 0.29) is 42.6 Å². The second-order valence-electron chi connectivity index (χ2n) is 6.75. The van der Waals surface area contributed by atoms with Gasteiger partial charge in [-0.2, -0.15) is 10.2 Å². The van der Waals surface area contributed by atoms with E-state index in [1.807, 2.05) is 25.1 Å². The van der Waals surface area contributed by atoms with Crippen molar-refractivity contribution in [2.75, 3.05) is 0 Å². The molecule has 0 radical (unpaired) electrons. The maximum atomic E-state index is 12.6. The maximum absolute atomic E-state index is 12.6. The summed E-state index contributed by atoms with van der Waals surface area (Å²) in [6.07, 6.45) is 0.348. The van der Waals surface area contributed by atoms with Crippen LogP contribution in [0.15, 0.2) is 99.1 Å². The molecule has 3 aromatic rings. The molecule has 0 spiro atoms. The molecule has 0 fully saturated rings. The Bertz CT molecular complexity index is 1260. The summed E-state index contributed by atoms with van der Waals surface area (Å²) in [7, 11) is -3.98. The molecule has 1 atom stereocenters. The summed E-state index contributed by atoms with van der Waals surface area (Å²) >= 11 is 6.07. The van der Waals surface area contributed by atoms with Gasteiger partial charge in [0.25, 0.3) is 0 Å². The number of para-hydroxylation sites is 1. The minimum Gasteiger partial charge on any atom is -0.649 e. The number of hydrogen-bond donors (Lipinski definition) is 0. The third-order valence-electron chi connectivity index (χ3n) is 4.76. The SMILES string of the molecule is CC/C(=N\[N-]S(=O)(=O)c1ccccc1)C1(c2ccc(Cl)cc2)N=Nc2ccccc2[N-]1.[Li+].[Li+]. The zero-order chi connectivity index (χ0) is 21.9. The van der Waals surface area contributed by atoms with E-state index in [2.05, 4.69) is 20.2 Å². The number of fused-ring (bicyclic) bond motifs is 1. The van der Waals surface area contributed by atoms with E-state index in [1.54, 1.807) is 48.5 Å². The summed E-state index contributed by atoms with van der Waals surface area (Å²) in [4.78, 5) is 3.75. The molecule has 0 amide bonds. The third-order valence-corrected chi connectivity index (χ3v) is 6.18. The number of benzene rings is 3. The first-order valence-electron chi connectivity index (χ1n) is 9.55. The first-order valence-corrected chi connectivity index (χ1v) is 11.4. The van der Waals surface area contributed by atoms with Crippen LogP contribution >= 0.6 is 11.6 Å². The molecule has 11 heteroatoms. The van der Waals surface area contributed by atoms with Gasteiger partial charge in [-0.1, -0.05) is 67.1 Å². The monoisotopic (exact) mass is 465 g/mol. The molecule has 0 N–H and O–H groups in total. The molecule has 0 aliphatic carbocycles. The summed E-state index contributed by atoms with van der Waals surface area (Å²) in [5.41, 5.74) is 0.898. The second kappa shape index (κ2) is 11.4. The van der Waals surface area contributed by atoms with Crippen LogP contribution in [0.25, 0.3) is 10.1 Å². The molecule has 0 bridgehead atoms. The molecule has 1 heterocycles. The topological polar surface area (TPSA) is 99.4 Å². The van der Waals surface area contributed by atoms with Gasteiger partial charge in [0.2, 0.25) is 0 Å². The number of azo groups is 1. The Kier molecular flexibility index (Phi) is 9.40. The van der Waals surface area contributed by atoms with Crippen LogP contribution in [0.1, 0.15) is 18.9 Å². The smallest absolute Gasteiger partial charge is 0.649 e. The number of halogens is 1. The molecule has 33 heavy (non-hydrogen) atoms. The Labute approximate surface area is 222 Å². The Balaban J connectivity index is 0.00000193. The van der Waals surface area contributed by atoms with Crippen molar-refractivity contribution in [1.82, 2.24) is 0 Å². The van der Waals surface area contributed by atoms with E-state index in [1.165, 1.54) is 12.1 Å². The molecular formula is C22H18ClLi2N5O2S. The van der Waals surface area contributed by atoms with Gasteiger partial charge in [-0.05, 0) is 42.3 Å². The largest absolute Gasteiger partial charge is 1.00 e. The predicted molar refractivity (Wildman–Crippen MR) is 122 cm³/mol. The Morgan fingerprint density at radius 3 is 2.30 bits per heavy atom. The molecule has 1 aliphatic rings. The van der Waals surface area contributed by atoms with Crippen LogP contribution in [0.5, 0.6) is 0 Å². The molecule has 1 aliphatic heterocycles. The summed E-state index contributed by atoms with van der Waals surface area (Å²) in [5.74, 6) is 0. The van der Waals surface area contributed by atoms with E-state index in [0.717, 1.165) is 0 Å². The minimum absolute atomic E-state index is 0. The fourth-order valence-electron chi connectivity index (χ4n) is 3.19. The summed E-state index contributed by atoms with van der Waals surface area (Å²) in [6.45, 7) is 1.84. The van der Waals surface area contributed by atoms with Crippen molar-refractivity contribution in [2.45, 2.75) is 23.9 Å². The molecule has 7 nitrogen and oxygen atoms in total. The van der Waals surface area contributed by atoms with E-state index < -0.39 is 15.7 Å². The third kappa shape index (κ3) is 5.73. The molecule has 0 aromatic heterocycles. The van der Waals surface area contributed by atoms with E-state index in [9.17, 15) is 8.42 Å². The minimum atomic E-state index is -3.98. The Morgan fingerprint density at radius 1 is 1.00 bits per heavy atom. The van der Waals surface area contributed by atoms with Crippen molar-refractivity contribution in [1.29, 1.82) is 0 Å². The summed E-state index contributed by atoms with van der Waals surface area (Å²) in [5, 5.41) is 18.3. The fraction of sp³-hybridized carbons (Fsp3) is 0.136.